The topological polar surface area (TPSA) is 62.4 Å². The molecule has 0 fully saturated rings. The van der Waals surface area contributed by atoms with Crippen molar-refractivity contribution >= 4 is 11.9 Å². The summed E-state index contributed by atoms with van der Waals surface area (Å²) < 4.78 is 5.15. The van der Waals surface area contributed by atoms with Gasteiger partial charge in [0.1, 0.15) is 5.69 Å². The Balaban J connectivity index is 1.91. The predicted octanol–water partition coefficient (Wildman–Crippen LogP) is 2.22. The number of carbonyl (C=O) groups excluding carboxylic acids is 2. The number of nitrogens with one attached hydrogen (secondary N) is 1. The van der Waals surface area contributed by atoms with Crippen LogP contribution in [0.5, 0.6) is 0 Å². The maximum atomic E-state index is 12.2. The van der Waals surface area contributed by atoms with Gasteiger partial charge in [-0.1, -0.05) is 30.3 Å². The highest BCUT2D eigenvalue weighted by Crippen LogP contribution is 2.07. The van der Waals surface area contributed by atoms with Crippen molar-refractivity contribution in [2.75, 3.05) is 7.05 Å². The van der Waals surface area contributed by atoms with Gasteiger partial charge in [-0.2, -0.15) is 0 Å². The normalized spacial score (nSPS) is 11.7. The van der Waals surface area contributed by atoms with Gasteiger partial charge >= 0.3 is 5.97 Å². The van der Waals surface area contributed by atoms with Crippen molar-refractivity contribution in [2.24, 2.45) is 0 Å². The SMILES string of the molecule is C[C@@H](OC(=O)c1ccc[nH]1)C(=O)N(C)Cc1ccccc1. The summed E-state index contributed by atoms with van der Waals surface area (Å²) in [5.41, 5.74) is 1.36. The monoisotopic (exact) mass is 286 g/mol. The summed E-state index contributed by atoms with van der Waals surface area (Å²) in [6, 6.07) is 13.0. The van der Waals surface area contributed by atoms with Crippen molar-refractivity contribution in [1.82, 2.24) is 9.88 Å². The first-order valence-electron chi connectivity index (χ1n) is 6.71. The Labute approximate surface area is 123 Å². The maximum Gasteiger partial charge on any atom is 0.355 e. The zero-order chi connectivity index (χ0) is 15.2. The van der Waals surface area contributed by atoms with Gasteiger partial charge in [0.05, 0.1) is 0 Å². The molecule has 1 N–H and O–H groups in total. The summed E-state index contributed by atoms with van der Waals surface area (Å²) in [6.45, 7) is 2.05. The van der Waals surface area contributed by atoms with E-state index >= 15 is 0 Å². The fourth-order valence-corrected chi connectivity index (χ4v) is 1.98. The third-order valence-corrected chi connectivity index (χ3v) is 3.09. The van der Waals surface area contributed by atoms with Crippen LogP contribution in [0.25, 0.3) is 0 Å². The van der Waals surface area contributed by atoms with Crippen LogP contribution in [0.15, 0.2) is 48.7 Å². The van der Waals surface area contributed by atoms with E-state index in [2.05, 4.69) is 4.98 Å². The van der Waals surface area contributed by atoms with Gasteiger partial charge in [0, 0.05) is 19.8 Å². The van der Waals surface area contributed by atoms with E-state index in [-0.39, 0.29) is 5.91 Å². The molecule has 0 aliphatic carbocycles. The van der Waals surface area contributed by atoms with E-state index in [4.69, 9.17) is 4.74 Å². The Morgan fingerprint density at radius 3 is 2.52 bits per heavy atom. The Morgan fingerprint density at radius 1 is 1.19 bits per heavy atom. The predicted molar refractivity (Wildman–Crippen MR) is 78.6 cm³/mol. The molecule has 1 aromatic carbocycles. The lowest BCUT2D eigenvalue weighted by Crippen LogP contribution is -2.37. The van der Waals surface area contributed by atoms with E-state index in [1.807, 2.05) is 30.3 Å². The maximum absolute atomic E-state index is 12.2. The summed E-state index contributed by atoms with van der Waals surface area (Å²) in [6.07, 6.45) is 0.805. The summed E-state index contributed by atoms with van der Waals surface area (Å²) in [5, 5.41) is 0. The number of rotatable bonds is 5. The molecule has 110 valence electrons. The highest BCUT2D eigenvalue weighted by atomic mass is 16.5. The minimum atomic E-state index is -0.825. The van der Waals surface area contributed by atoms with Crippen molar-refractivity contribution in [3.63, 3.8) is 0 Å². The first-order valence-corrected chi connectivity index (χ1v) is 6.71. The molecule has 2 aromatic rings. The zero-order valence-corrected chi connectivity index (χ0v) is 12.1. The van der Waals surface area contributed by atoms with Crippen molar-refractivity contribution in [3.05, 3.63) is 59.9 Å². The number of nitrogens with zero attached hydrogens (tertiary/aromatic N) is 1. The number of esters is 1. The number of likely N-dealkylation sites (N-methyl/N-ethyl adjacent to an activating group) is 1. The van der Waals surface area contributed by atoms with Crippen LogP contribution in [-0.2, 0) is 16.1 Å². The Morgan fingerprint density at radius 2 is 1.90 bits per heavy atom. The van der Waals surface area contributed by atoms with Crippen LogP contribution >= 0.6 is 0 Å². The van der Waals surface area contributed by atoms with E-state index in [0.717, 1.165) is 5.56 Å². The summed E-state index contributed by atoms with van der Waals surface area (Å²) >= 11 is 0. The number of hydrogen-bond donors (Lipinski definition) is 1. The molecule has 5 nitrogen and oxygen atoms in total. The molecule has 0 spiro atoms. The molecular formula is C16H18N2O3. The second kappa shape index (κ2) is 6.74. The number of H-pyrrole nitrogens is 1. The fraction of sp³-hybridized carbons (Fsp3) is 0.250. The summed E-state index contributed by atoms with van der Waals surface area (Å²) in [5.74, 6) is -0.771. The lowest BCUT2D eigenvalue weighted by Gasteiger charge is -2.21. The third kappa shape index (κ3) is 3.95. The number of carbonyl (C=O) groups is 2. The van der Waals surface area contributed by atoms with Crippen LogP contribution in [0.4, 0.5) is 0 Å². The molecule has 0 radical (unpaired) electrons. The highest BCUT2D eigenvalue weighted by molar-refractivity contribution is 5.90. The molecule has 2 rings (SSSR count). The molecule has 0 saturated heterocycles. The summed E-state index contributed by atoms with van der Waals surface area (Å²) in [4.78, 5) is 28.3. The van der Waals surface area contributed by atoms with Crippen LogP contribution in [-0.4, -0.2) is 34.9 Å². The van der Waals surface area contributed by atoms with Crippen LogP contribution in [0.2, 0.25) is 0 Å². The average molecular weight is 286 g/mol. The Kier molecular flexibility index (Phi) is 4.77. The quantitative estimate of drug-likeness (QED) is 0.857. The lowest BCUT2D eigenvalue weighted by molar-refractivity contribution is -0.139. The van der Waals surface area contributed by atoms with Gasteiger partial charge in [0.15, 0.2) is 6.10 Å². The van der Waals surface area contributed by atoms with Gasteiger partial charge in [0.2, 0.25) is 0 Å². The number of amides is 1. The molecule has 0 aliphatic heterocycles. The van der Waals surface area contributed by atoms with Crippen molar-refractivity contribution < 1.29 is 14.3 Å². The number of hydrogen-bond acceptors (Lipinski definition) is 3. The van der Waals surface area contributed by atoms with Gasteiger partial charge in [-0.3, -0.25) is 4.79 Å². The van der Waals surface area contributed by atoms with E-state index in [9.17, 15) is 9.59 Å². The average Bonchev–Trinajstić information content (AvgIpc) is 3.01. The smallest absolute Gasteiger partial charge is 0.355 e. The number of benzene rings is 1. The largest absolute Gasteiger partial charge is 0.448 e. The first-order chi connectivity index (χ1) is 10.1. The van der Waals surface area contributed by atoms with E-state index in [0.29, 0.717) is 12.2 Å². The number of ether oxygens (including phenoxy) is 1. The Bertz CT molecular complexity index is 593. The molecule has 5 heteroatoms. The fourth-order valence-electron chi connectivity index (χ4n) is 1.98. The number of aromatic amines is 1. The van der Waals surface area contributed by atoms with Crippen LogP contribution in [0, 0.1) is 0 Å². The molecule has 0 bridgehead atoms. The molecule has 0 aliphatic rings. The van der Waals surface area contributed by atoms with Crippen molar-refractivity contribution in [2.45, 2.75) is 19.6 Å². The second-order valence-corrected chi connectivity index (χ2v) is 4.81. The van der Waals surface area contributed by atoms with Gasteiger partial charge in [-0.05, 0) is 24.6 Å². The van der Waals surface area contributed by atoms with Gasteiger partial charge < -0.3 is 14.6 Å². The van der Waals surface area contributed by atoms with Gasteiger partial charge in [-0.15, -0.1) is 0 Å². The molecule has 21 heavy (non-hydrogen) atoms. The van der Waals surface area contributed by atoms with E-state index in [1.54, 1.807) is 37.2 Å². The third-order valence-electron chi connectivity index (χ3n) is 3.09. The van der Waals surface area contributed by atoms with Gasteiger partial charge in [0.25, 0.3) is 5.91 Å². The zero-order valence-electron chi connectivity index (χ0n) is 12.1. The van der Waals surface area contributed by atoms with E-state index in [1.165, 1.54) is 0 Å². The van der Waals surface area contributed by atoms with Crippen molar-refractivity contribution in [1.29, 1.82) is 0 Å². The van der Waals surface area contributed by atoms with Crippen molar-refractivity contribution in [3.8, 4) is 0 Å². The molecular weight excluding hydrogens is 268 g/mol. The van der Waals surface area contributed by atoms with E-state index < -0.39 is 12.1 Å². The molecule has 0 unspecified atom stereocenters. The minimum Gasteiger partial charge on any atom is -0.448 e. The molecule has 1 amide bonds. The number of aromatic nitrogens is 1. The summed E-state index contributed by atoms with van der Waals surface area (Å²) in [7, 11) is 1.69. The molecule has 1 aromatic heterocycles. The molecule has 1 atom stereocenters. The highest BCUT2D eigenvalue weighted by Gasteiger charge is 2.22. The lowest BCUT2D eigenvalue weighted by atomic mass is 10.2. The molecule has 0 saturated carbocycles. The van der Waals surface area contributed by atoms with Gasteiger partial charge in [-0.25, -0.2) is 4.79 Å². The molecule has 1 heterocycles. The van der Waals surface area contributed by atoms with Crippen LogP contribution in [0.1, 0.15) is 23.0 Å². The first kappa shape index (κ1) is 14.8. The standard InChI is InChI=1S/C16H18N2O3/c1-12(21-16(20)14-9-6-10-17-14)15(19)18(2)11-13-7-4-3-5-8-13/h3-10,12,17H,11H2,1-2H3/t12-/m1/s1. The van der Waals surface area contributed by atoms with Crippen LogP contribution in [0.3, 0.4) is 0 Å². The second-order valence-electron chi connectivity index (χ2n) is 4.81. The minimum absolute atomic E-state index is 0.237. The Hall–Kier alpha value is -2.56. The van der Waals surface area contributed by atoms with Crippen LogP contribution < -0.4 is 0 Å².